The van der Waals surface area contributed by atoms with E-state index in [1.165, 1.54) is 18.5 Å². The minimum Gasteiger partial charge on any atom is -0.382 e. The molecule has 0 saturated heterocycles. The van der Waals surface area contributed by atoms with E-state index >= 15 is 0 Å². The molecule has 1 saturated carbocycles. The minimum absolute atomic E-state index is 0.674. The largest absolute Gasteiger partial charge is 0.382 e. The molecule has 2 bridgehead atoms. The van der Waals surface area contributed by atoms with Crippen LogP contribution in [-0.4, -0.2) is 6.04 Å². The van der Waals surface area contributed by atoms with Crippen LogP contribution in [-0.2, 0) is 0 Å². The Morgan fingerprint density at radius 2 is 1.86 bits per heavy atom. The standard InChI is InChI=1S/C13H15N/c1-2-4-12(5-3-1)14-13-9-10-6-7-11(13)8-10/h1-7,10-11,13-14H,8-9H2/t10-,11+,13?/m1/s1. The summed E-state index contributed by atoms with van der Waals surface area (Å²) in [5.74, 6) is 1.63. The summed E-state index contributed by atoms with van der Waals surface area (Å²) in [7, 11) is 0. The van der Waals surface area contributed by atoms with Gasteiger partial charge in [-0.15, -0.1) is 0 Å². The van der Waals surface area contributed by atoms with Crippen molar-refractivity contribution in [1.29, 1.82) is 0 Å². The highest BCUT2D eigenvalue weighted by molar-refractivity contribution is 5.44. The Balaban J connectivity index is 1.72. The van der Waals surface area contributed by atoms with Crippen LogP contribution in [0.2, 0.25) is 0 Å². The van der Waals surface area contributed by atoms with Gasteiger partial charge < -0.3 is 5.32 Å². The molecule has 1 unspecified atom stereocenters. The van der Waals surface area contributed by atoms with Gasteiger partial charge in [0.25, 0.3) is 0 Å². The summed E-state index contributed by atoms with van der Waals surface area (Å²) in [4.78, 5) is 0. The molecular formula is C13H15N. The van der Waals surface area contributed by atoms with Crippen LogP contribution in [0.4, 0.5) is 5.69 Å². The smallest absolute Gasteiger partial charge is 0.0342 e. The van der Waals surface area contributed by atoms with Crippen LogP contribution >= 0.6 is 0 Å². The van der Waals surface area contributed by atoms with E-state index < -0.39 is 0 Å². The third-order valence-corrected chi connectivity index (χ3v) is 3.40. The quantitative estimate of drug-likeness (QED) is 0.698. The number of rotatable bonds is 2. The normalized spacial score (nSPS) is 33.6. The van der Waals surface area contributed by atoms with Crippen LogP contribution in [0.5, 0.6) is 0 Å². The number of para-hydroxylation sites is 1. The summed E-state index contributed by atoms with van der Waals surface area (Å²) < 4.78 is 0. The molecule has 0 aliphatic heterocycles. The van der Waals surface area contributed by atoms with E-state index in [4.69, 9.17) is 0 Å². The van der Waals surface area contributed by atoms with Gasteiger partial charge in [0.1, 0.15) is 0 Å². The summed E-state index contributed by atoms with van der Waals surface area (Å²) in [5.41, 5.74) is 1.26. The van der Waals surface area contributed by atoms with E-state index in [1.807, 2.05) is 0 Å². The number of hydrogen-bond acceptors (Lipinski definition) is 1. The predicted molar refractivity (Wildman–Crippen MR) is 59.2 cm³/mol. The van der Waals surface area contributed by atoms with E-state index in [2.05, 4.69) is 47.8 Å². The number of allylic oxidation sites excluding steroid dienone is 1. The van der Waals surface area contributed by atoms with Gasteiger partial charge in [0.05, 0.1) is 0 Å². The maximum absolute atomic E-state index is 3.62. The van der Waals surface area contributed by atoms with Crippen LogP contribution in [0.1, 0.15) is 12.8 Å². The minimum atomic E-state index is 0.674. The highest BCUT2D eigenvalue weighted by Crippen LogP contribution is 2.40. The summed E-state index contributed by atoms with van der Waals surface area (Å²) in [6, 6.07) is 11.2. The lowest BCUT2D eigenvalue weighted by Gasteiger charge is -2.20. The van der Waals surface area contributed by atoms with Crippen LogP contribution in [0.25, 0.3) is 0 Å². The number of anilines is 1. The van der Waals surface area contributed by atoms with Crippen LogP contribution in [0.15, 0.2) is 42.5 Å². The Labute approximate surface area is 84.8 Å². The fraction of sp³-hybridized carbons (Fsp3) is 0.385. The Hall–Kier alpha value is -1.24. The van der Waals surface area contributed by atoms with Crippen molar-refractivity contribution in [3.05, 3.63) is 42.5 Å². The lowest BCUT2D eigenvalue weighted by atomic mass is 10.0. The molecule has 14 heavy (non-hydrogen) atoms. The molecule has 1 heteroatoms. The van der Waals surface area contributed by atoms with Crippen LogP contribution in [0, 0.1) is 11.8 Å². The first-order chi connectivity index (χ1) is 6.92. The first-order valence-electron chi connectivity index (χ1n) is 5.42. The van der Waals surface area contributed by atoms with E-state index in [9.17, 15) is 0 Å². The first kappa shape index (κ1) is 8.10. The number of nitrogens with one attached hydrogen (secondary N) is 1. The maximum Gasteiger partial charge on any atom is 0.0342 e. The van der Waals surface area contributed by atoms with Crippen molar-refractivity contribution in [2.24, 2.45) is 11.8 Å². The number of hydrogen-bond donors (Lipinski definition) is 1. The molecule has 0 aromatic heterocycles. The molecule has 0 amide bonds. The Bertz CT molecular complexity index is 342. The molecule has 2 aliphatic carbocycles. The fourth-order valence-electron chi connectivity index (χ4n) is 2.70. The molecule has 2 aliphatic rings. The van der Waals surface area contributed by atoms with Gasteiger partial charge in [-0.05, 0) is 36.8 Å². The van der Waals surface area contributed by atoms with E-state index in [0.717, 1.165) is 11.8 Å². The topological polar surface area (TPSA) is 12.0 Å². The van der Waals surface area contributed by atoms with Crippen molar-refractivity contribution < 1.29 is 0 Å². The fourth-order valence-corrected chi connectivity index (χ4v) is 2.70. The van der Waals surface area contributed by atoms with Gasteiger partial charge in [-0.2, -0.15) is 0 Å². The zero-order valence-electron chi connectivity index (χ0n) is 8.19. The molecule has 3 rings (SSSR count). The maximum atomic E-state index is 3.62. The number of fused-ring (bicyclic) bond motifs is 2. The van der Waals surface area contributed by atoms with Crippen molar-refractivity contribution in [3.63, 3.8) is 0 Å². The summed E-state index contributed by atoms with van der Waals surface area (Å²) in [5, 5.41) is 3.62. The Morgan fingerprint density at radius 3 is 2.50 bits per heavy atom. The third kappa shape index (κ3) is 1.33. The summed E-state index contributed by atoms with van der Waals surface area (Å²) in [6.07, 6.45) is 7.45. The molecule has 1 fully saturated rings. The highest BCUT2D eigenvalue weighted by atomic mass is 14.9. The van der Waals surface area contributed by atoms with Crippen molar-refractivity contribution >= 4 is 5.69 Å². The molecule has 3 atom stereocenters. The van der Waals surface area contributed by atoms with E-state index in [1.54, 1.807) is 0 Å². The second-order valence-corrected chi connectivity index (χ2v) is 4.40. The highest BCUT2D eigenvalue weighted by Gasteiger charge is 2.35. The summed E-state index contributed by atoms with van der Waals surface area (Å²) in [6.45, 7) is 0. The Morgan fingerprint density at radius 1 is 1.00 bits per heavy atom. The van der Waals surface area contributed by atoms with Gasteiger partial charge in [-0.25, -0.2) is 0 Å². The molecule has 1 aromatic rings. The monoisotopic (exact) mass is 185 g/mol. The van der Waals surface area contributed by atoms with Gasteiger partial charge in [-0.3, -0.25) is 0 Å². The Kier molecular flexibility index (Phi) is 1.83. The van der Waals surface area contributed by atoms with Gasteiger partial charge >= 0.3 is 0 Å². The van der Waals surface area contributed by atoms with Gasteiger partial charge in [0, 0.05) is 11.7 Å². The molecule has 0 radical (unpaired) electrons. The SMILES string of the molecule is C1=C[C@H]2C[C@@H]1CC2Nc1ccccc1. The lowest BCUT2D eigenvalue weighted by Crippen LogP contribution is -2.23. The van der Waals surface area contributed by atoms with Crippen molar-refractivity contribution in [2.75, 3.05) is 5.32 Å². The zero-order chi connectivity index (χ0) is 9.38. The second-order valence-electron chi connectivity index (χ2n) is 4.40. The first-order valence-corrected chi connectivity index (χ1v) is 5.42. The van der Waals surface area contributed by atoms with Crippen molar-refractivity contribution in [2.45, 2.75) is 18.9 Å². The lowest BCUT2D eigenvalue weighted by molar-refractivity contribution is 0.615. The average molecular weight is 185 g/mol. The average Bonchev–Trinajstić information content (AvgIpc) is 2.81. The van der Waals surface area contributed by atoms with Crippen molar-refractivity contribution in [3.8, 4) is 0 Å². The summed E-state index contributed by atoms with van der Waals surface area (Å²) >= 11 is 0. The molecular weight excluding hydrogens is 170 g/mol. The molecule has 1 aromatic carbocycles. The zero-order valence-corrected chi connectivity index (χ0v) is 8.19. The van der Waals surface area contributed by atoms with E-state index in [0.29, 0.717) is 6.04 Å². The van der Waals surface area contributed by atoms with Gasteiger partial charge in [0.15, 0.2) is 0 Å². The molecule has 0 heterocycles. The van der Waals surface area contributed by atoms with E-state index in [-0.39, 0.29) is 0 Å². The third-order valence-electron chi connectivity index (χ3n) is 3.40. The second kappa shape index (κ2) is 3.16. The van der Waals surface area contributed by atoms with Crippen LogP contribution < -0.4 is 5.32 Å². The predicted octanol–water partition coefficient (Wildman–Crippen LogP) is 3.06. The van der Waals surface area contributed by atoms with Gasteiger partial charge in [-0.1, -0.05) is 30.4 Å². The number of benzene rings is 1. The molecule has 72 valence electrons. The molecule has 1 N–H and O–H groups in total. The van der Waals surface area contributed by atoms with Gasteiger partial charge in [0.2, 0.25) is 0 Å². The molecule has 1 nitrogen and oxygen atoms in total. The molecule has 0 spiro atoms. The van der Waals surface area contributed by atoms with Crippen molar-refractivity contribution in [1.82, 2.24) is 0 Å². The van der Waals surface area contributed by atoms with Crippen LogP contribution in [0.3, 0.4) is 0 Å².